The molecule has 0 fully saturated rings. The van der Waals surface area contributed by atoms with Crippen LogP contribution in [0.1, 0.15) is 75.0 Å². The third-order valence-electron chi connectivity index (χ3n) is 7.19. The molecule has 6 rings (SSSR count). The summed E-state index contributed by atoms with van der Waals surface area (Å²) in [6.45, 7) is 24.0. The molecular weight excluding hydrogens is 608 g/mol. The maximum Gasteiger partial charge on any atom is 0.115 e. The highest BCUT2D eigenvalue weighted by molar-refractivity contribution is 5.19. The maximum absolute atomic E-state index is 4.08. The van der Waals surface area contributed by atoms with Gasteiger partial charge in [0.1, 0.15) is 6.33 Å². The SMILES string of the molecule is C.Cc1cccnc1C.Cc1ccncc1C.Cc1ccnnc1C.Cc1ccnnc1C.Cc1cncnc1C.Cc1nccnc1C. The van der Waals surface area contributed by atoms with Gasteiger partial charge in [-0.2, -0.15) is 20.4 Å². The standard InChI is InChI=1S/2C7H9N.4C6H8N2.CH4/c1-6-3-4-8-5-7(6)2;1-6-4-3-5-8-7(6)2;1-5-3-7-4-8-6(5)2;1-5-6(2)8-4-3-7-5;2*1-5-3-4-7-8-6(5)2;/h2*3-5H,1-2H3;4*3-4H,1-2H3;1H4. The molecule has 0 bridgehead atoms. The van der Waals surface area contributed by atoms with Crippen LogP contribution in [0.25, 0.3) is 0 Å². The van der Waals surface area contributed by atoms with Crippen molar-refractivity contribution in [2.75, 3.05) is 0 Å². The van der Waals surface area contributed by atoms with E-state index in [1.54, 1.807) is 31.1 Å². The molecular formula is C39H54N10. The van der Waals surface area contributed by atoms with Crippen LogP contribution >= 0.6 is 0 Å². The predicted octanol–water partition coefficient (Wildman–Crippen LogP) is 8.41. The van der Waals surface area contributed by atoms with E-state index in [2.05, 4.69) is 77.1 Å². The molecule has 0 radical (unpaired) electrons. The van der Waals surface area contributed by atoms with Crippen molar-refractivity contribution < 1.29 is 0 Å². The van der Waals surface area contributed by atoms with Crippen LogP contribution < -0.4 is 0 Å². The molecule has 0 atom stereocenters. The lowest BCUT2D eigenvalue weighted by Crippen LogP contribution is -1.87. The molecule has 6 aromatic rings. The van der Waals surface area contributed by atoms with Crippen LogP contribution in [-0.4, -0.2) is 50.3 Å². The second-order valence-electron chi connectivity index (χ2n) is 11.0. The molecule has 0 amide bonds. The highest BCUT2D eigenvalue weighted by Gasteiger charge is 1.90. The highest BCUT2D eigenvalue weighted by atomic mass is 15.1. The average molecular weight is 663 g/mol. The van der Waals surface area contributed by atoms with Crippen molar-refractivity contribution in [3.63, 3.8) is 0 Å². The largest absolute Gasteiger partial charge is 0.264 e. The number of hydrogen-bond acceptors (Lipinski definition) is 10. The van der Waals surface area contributed by atoms with Crippen LogP contribution in [0.4, 0.5) is 0 Å². The molecule has 0 aliphatic carbocycles. The van der Waals surface area contributed by atoms with E-state index < -0.39 is 0 Å². The molecule has 0 aliphatic heterocycles. The van der Waals surface area contributed by atoms with Gasteiger partial charge in [-0.05, 0) is 141 Å². The van der Waals surface area contributed by atoms with Gasteiger partial charge >= 0.3 is 0 Å². The lowest BCUT2D eigenvalue weighted by molar-refractivity contribution is 0.961. The average Bonchev–Trinajstić information content (AvgIpc) is 3.07. The summed E-state index contributed by atoms with van der Waals surface area (Å²) in [7, 11) is 0. The number of rotatable bonds is 0. The van der Waals surface area contributed by atoms with Gasteiger partial charge in [0, 0.05) is 61.0 Å². The van der Waals surface area contributed by atoms with Gasteiger partial charge in [0.2, 0.25) is 0 Å². The minimum Gasteiger partial charge on any atom is -0.264 e. The van der Waals surface area contributed by atoms with E-state index in [1.165, 1.54) is 27.8 Å². The Morgan fingerprint density at radius 1 is 0.347 bits per heavy atom. The first-order chi connectivity index (χ1) is 22.8. The Kier molecular flexibility index (Phi) is 22.0. The summed E-state index contributed by atoms with van der Waals surface area (Å²) in [5, 5.41) is 15.0. The normalized spacial score (nSPS) is 9.06. The second-order valence-corrected chi connectivity index (χ2v) is 11.0. The molecule has 10 nitrogen and oxygen atoms in total. The summed E-state index contributed by atoms with van der Waals surface area (Å²) >= 11 is 0. The van der Waals surface area contributed by atoms with Crippen molar-refractivity contribution in [1.82, 2.24) is 50.3 Å². The molecule has 49 heavy (non-hydrogen) atoms. The summed E-state index contributed by atoms with van der Waals surface area (Å²) in [4.78, 5) is 23.9. The minimum atomic E-state index is 0. The summed E-state index contributed by atoms with van der Waals surface area (Å²) in [5.41, 5.74) is 13.6. The van der Waals surface area contributed by atoms with E-state index in [9.17, 15) is 0 Å². The zero-order valence-corrected chi connectivity index (χ0v) is 30.6. The van der Waals surface area contributed by atoms with E-state index in [-0.39, 0.29) is 7.43 Å². The second kappa shape index (κ2) is 24.7. The number of hydrogen-bond donors (Lipinski definition) is 0. The predicted molar refractivity (Wildman–Crippen MR) is 200 cm³/mol. The fourth-order valence-corrected chi connectivity index (χ4v) is 2.97. The zero-order chi connectivity index (χ0) is 35.9. The van der Waals surface area contributed by atoms with Gasteiger partial charge in [-0.1, -0.05) is 13.5 Å². The molecule has 0 N–H and O–H groups in total. The lowest BCUT2D eigenvalue weighted by Gasteiger charge is -1.92. The van der Waals surface area contributed by atoms with E-state index in [1.807, 2.05) is 111 Å². The number of pyridine rings is 2. The van der Waals surface area contributed by atoms with Gasteiger partial charge in [0.25, 0.3) is 0 Å². The van der Waals surface area contributed by atoms with Crippen molar-refractivity contribution in [2.24, 2.45) is 0 Å². The van der Waals surface area contributed by atoms with Gasteiger partial charge in [0.05, 0.1) is 22.8 Å². The molecule has 0 saturated carbocycles. The fourth-order valence-electron chi connectivity index (χ4n) is 2.97. The molecule has 0 spiro atoms. The highest BCUT2D eigenvalue weighted by Crippen LogP contribution is 2.01. The van der Waals surface area contributed by atoms with Crippen molar-refractivity contribution in [3.05, 3.63) is 154 Å². The summed E-state index contributed by atoms with van der Waals surface area (Å²) < 4.78 is 0. The Morgan fingerprint density at radius 2 is 0.796 bits per heavy atom. The van der Waals surface area contributed by atoms with E-state index in [0.29, 0.717) is 0 Å². The van der Waals surface area contributed by atoms with Gasteiger partial charge in [-0.3, -0.25) is 19.9 Å². The van der Waals surface area contributed by atoms with Crippen LogP contribution in [0.2, 0.25) is 0 Å². The quantitative estimate of drug-likeness (QED) is 0.156. The minimum absolute atomic E-state index is 0. The maximum atomic E-state index is 4.08. The molecule has 6 heterocycles. The molecule has 0 aromatic carbocycles. The summed E-state index contributed by atoms with van der Waals surface area (Å²) in [6, 6.07) is 9.91. The van der Waals surface area contributed by atoms with E-state index in [0.717, 1.165) is 39.7 Å². The third kappa shape index (κ3) is 19.1. The van der Waals surface area contributed by atoms with Gasteiger partial charge in [-0.15, -0.1) is 0 Å². The van der Waals surface area contributed by atoms with Crippen LogP contribution in [-0.2, 0) is 0 Å². The third-order valence-corrected chi connectivity index (χ3v) is 7.19. The number of aromatic nitrogens is 10. The van der Waals surface area contributed by atoms with Crippen molar-refractivity contribution in [1.29, 1.82) is 0 Å². The van der Waals surface area contributed by atoms with Crippen LogP contribution in [0, 0.1) is 83.1 Å². The van der Waals surface area contributed by atoms with Crippen LogP contribution in [0.15, 0.2) is 86.2 Å². The van der Waals surface area contributed by atoms with Gasteiger partial charge < -0.3 is 0 Å². The Hall–Kier alpha value is -5.38. The first-order valence-corrected chi connectivity index (χ1v) is 15.6. The van der Waals surface area contributed by atoms with E-state index in [4.69, 9.17) is 0 Å². The molecule has 6 aromatic heterocycles. The smallest absolute Gasteiger partial charge is 0.115 e. The molecule has 0 aliphatic rings. The van der Waals surface area contributed by atoms with E-state index >= 15 is 0 Å². The monoisotopic (exact) mass is 662 g/mol. The number of nitrogens with zero attached hydrogens (tertiary/aromatic N) is 10. The fraction of sp³-hybridized carbons (Fsp3) is 0.333. The molecule has 10 heteroatoms. The first kappa shape index (κ1) is 43.6. The first-order valence-electron chi connectivity index (χ1n) is 15.6. The Morgan fingerprint density at radius 3 is 1.08 bits per heavy atom. The van der Waals surface area contributed by atoms with Crippen molar-refractivity contribution in [2.45, 2.75) is 90.5 Å². The Balaban J connectivity index is 0.000000562. The van der Waals surface area contributed by atoms with Crippen molar-refractivity contribution >= 4 is 0 Å². The van der Waals surface area contributed by atoms with Crippen LogP contribution in [0.3, 0.4) is 0 Å². The Labute approximate surface area is 294 Å². The van der Waals surface area contributed by atoms with Gasteiger partial charge in [0.15, 0.2) is 0 Å². The zero-order valence-electron chi connectivity index (χ0n) is 30.6. The van der Waals surface area contributed by atoms with Crippen LogP contribution in [0.5, 0.6) is 0 Å². The lowest BCUT2D eigenvalue weighted by atomic mass is 10.2. The van der Waals surface area contributed by atoms with Crippen molar-refractivity contribution in [3.8, 4) is 0 Å². The topological polar surface area (TPSA) is 129 Å². The van der Waals surface area contributed by atoms with Gasteiger partial charge in [-0.25, -0.2) is 9.97 Å². The molecule has 0 saturated heterocycles. The molecule has 0 unspecified atom stereocenters. The summed E-state index contributed by atoms with van der Waals surface area (Å²) in [6.07, 6.45) is 15.6. The summed E-state index contributed by atoms with van der Waals surface area (Å²) in [5.74, 6) is 0. The Bertz CT molecular complexity index is 1310. The number of aryl methyl sites for hydroxylation is 12. The molecule has 260 valence electrons.